The summed E-state index contributed by atoms with van der Waals surface area (Å²) < 4.78 is 0. The second kappa shape index (κ2) is 25.3. The molecule has 0 atom stereocenters. The first kappa shape index (κ1) is 67.0. The third kappa shape index (κ3) is 18.7. The van der Waals surface area contributed by atoms with Crippen LogP contribution in [0.15, 0.2) is 127 Å². The molecule has 0 aliphatic heterocycles. The summed E-state index contributed by atoms with van der Waals surface area (Å²) in [5.41, 5.74) is 20.7. The molecule has 0 aliphatic rings. The average molecular weight is 1150 g/mol. The van der Waals surface area contributed by atoms with E-state index in [-0.39, 0.29) is 43.3 Å². The maximum absolute atomic E-state index is 6.16. The molecule has 0 aromatic heterocycles. The first-order chi connectivity index (χ1) is 40.5. The zero-order valence-corrected chi connectivity index (χ0v) is 57.7. The lowest BCUT2D eigenvalue weighted by Gasteiger charge is -2.25. The van der Waals surface area contributed by atoms with Gasteiger partial charge in [-0.1, -0.05) is 267 Å². The highest BCUT2D eigenvalue weighted by Gasteiger charge is 2.24. The Morgan fingerprint density at radius 2 is 0.261 bits per heavy atom. The molecule has 0 fully saturated rings. The molecular weight excluding hydrogens is 1060 g/mol. The second-order valence-electron chi connectivity index (χ2n) is 32.2. The van der Waals surface area contributed by atoms with E-state index >= 15 is 0 Å². The van der Waals surface area contributed by atoms with Crippen LogP contribution in [-0.4, -0.2) is 0 Å². The van der Waals surface area contributed by atoms with Crippen LogP contribution < -0.4 is 0 Å². The van der Waals surface area contributed by atoms with Crippen molar-refractivity contribution in [2.24, 2.45) is 0 Å². The second-order valence-corrected chi connectivity index (χ2v) is 32.2. The van der Waals surface area contributed by atoms with E-state index in [0.29, 0.717) is 5.56 Å². The van der Waals surface area contributed by atoms with Gasteiger partial charge in [0, 0.05) is 72.3 Å². The molecule has 0 spiro atoms. The molecule has 0 N–H and O–H groups in total. The molecule has 0 amide bonds. The first-order valence-corrected chi connectivity index (χ1v) is 31.2. The molecular formula is C88H94. The molecule has 0 aliphatic carbocycles. The van der Waals surface area contributed by atoms with E-state index in [1.54, 1.807) is 0 Å². The molecule has 0 saturated heterocycles. The van der Waals surface area contributed by atoms with Crippen molar-refractivity contribution in [3.8, 4) is 83.4 Å². The Kier molecular flexibility index (Phi) is 19.2. The van der Waals surface area contributed by atoms with Gasteiger partial charge in [-0.05, 0) is 191 Å². The van der Waals surface area contributed by atoms with Gasteiger partial charge in [0.2, 0.25) is 0 Å². The van der Waals surface area contributed by atoms with E-state index in [0.717, 1.165) is 66.8 Å². The molecule has 0 unspecified atom stereocenters. The Morgan fingerprint density at radius 1 is 0.159 bits per heavy atom. The van der Waals surface area contributed by atoms with Crippen molar-refractivity contribution in [1.82, 2.24) is 0 Å². The van der Waals surface area contributed by atoms with Crippen molar-refractivity contribution in [2.75, 3.05) is 0 Å². The highest BCUT2D eigenvalue weighted by atomic mass is 14.3. The van der Waals surface area contributed by atoms with Gasteiger partial charge in [-0.25, -0.2) is 0 Å². The highest BCUT2D eigenvalue weighted by molar-refractivity contribution is 5.61. The Bertz CT molecular complexity index is 3660. The van der Waals surface area contributed by atoms with Crippen molar-refractivity contribution in [2.45, 2.75) is 209 Å². The Labute approximate surface area is 534 Å². The van der Waals surface area contributed by atoms with Gasteiger partial charge >= 0.3 is 0 Å². The quantitative estimate of drug-likeness (QED) is 0.133. The van der Waals surface area contributed by atoms with Crippen molar-refractivity contribution in [3.05, 3.63) is 244 Å². The molecule has 7 rings (SSSR count). The Morgan fingerprint density at radius 3 is 0.364 bits per heavy atom. The Hall–Kier alpha value is -8.54. The van der Waals surface area contributed by atoms with Crippen LogP contribution in [0.4, 0.5) is 0 Å². The van der Waals surface area contributed by atoms with Crippen molar-refractivity contribution < 1.29 is 0 Å². The predicted octanol–water partition coefficient (Wildman–Crippen LogP) is 20.4. The van der Waals surface area contributed by atoms with Gasteiger partial charge in [-0.2, -0.15) is 0 Å². The molecule has 88 heavy (non-hydrogen) atoms. The van der Waals surface area contributed by atoms with Crippen molar-refractivity contribution >= 4 is 0 Å². The topological polar surface area (TPSA) is 0 Å². The predicted molar refractivity (Wildman–Crippen MR) is 379 cm³/mol. The third-order valence-electron chi connectivity index (χ3n) is 15.7. The summed E-state index contributed by atoms with van der Waals surface area (Å²) in [6, 6.07) is 45.4. The third-order valence-corrected chi connectivity index (χ3v) is 15.7. The molecule has 0 radical (unpaired) electrons. The lowest BCUT2D eigenvalue weighted by atomic mass is 9.79. The molecule has 7 aromatic carbocycles. The molecule has 0 nitrogen and oxygen atoms in total. The zero-order chi connectivity index (χ0) is 65.2. The van der Waals surface area contributed by atoms with Crippen molar-refractivity contribution in [1.29, 1.82) is 0 Å². The SMILES string of the molecule is C#Cc1cc(C#Cc2cc(C#Cc3cc(C(C)(C)C)cc(C(C)(C)C)c3)cc(C#Cc3cc(C(C)(C)C)cc(C(C)(C)C)c3)c2)cc(C#Cc2cc(C#Cc3cc(C(C)(C)C)cc(C(C)(C)C)c3)cc(C#Cc3cc(C(C)(C)C)cc(C(C)(C)C)c3)c2)c1. The standard InChI is InChI=1S/C88H94/c1-26-60-39-61(27-29-63-42-65(31-35-69-48-73(81(2,3)4)56-74(49-69)82(5,6)7)46-66(43-63)32-36-70-50-75(83(8,9)10)57-76(51-70)84(11,12)13)41-62(40-60)28-30-64-44-67(33-37-71-52-77(85(14,15)16)58-78(53-71)86(17,18)19)47-68(45-64)34-38-72-54-79(87(20,21)22)59-80(55-72)88(23,24)25/h1,39-59H,2-25H3. The minimum Gasteiger partial charge on any atom is -0.115 e. The van der Waals surface area contributed by atoms with E-state index in [4.69, 9.17) is 6.42 Å². The normalized spacial score (nSPS) is 12.0. The molecule has 0 heteroatoms. The number of benzene rings is 7. The number of terminal acetylenes is 1. The summed E-state index contributed by atoms with van der Waals surface area (Å²) in [7, 11) is 0. The van der Waals surface area contributed by atoms with Gasteiger partial charge in [-0.3, -0.25) is 0 Å². The van der Waals surface area contributed by atoms with E-state index < -0.39 is 0 Å². The van der Waals surface area contributed by atoms with Crippen molar-refractivity contribution in [3.63, 3.8) is 0 Å². The van der Waals surface area contributed by atoms with E-state index in [1.165, 1.54) is 44.5 Å². The van der Waals surface area contributed by atoms with Crippen LogP contribution in [0.3, 0.4) is 0 Å². The largest absolute Gasteiger partial charge is 0.115 e. The number of hydrogen-bond acceptors (Lipinski definition) is 0. The fraction of sp³-hybridized carbons (Fsp3) is 0.364. The summed E-state index contributed by atoms with van der Waals surface area (Å²) in [5, 5.41) is 0. The summed E-state index contributed by atoms with van der Waals surface area (Å²) >= 11 is 0. The summed E-state index contributed by atoms with van der Waals surface area (Å²) in [4.78, 5) is 0. The van der Waals surface area contributed by atoms with Crippen LogP contribution in [0.1, 0.15) is 283 Å². The van der Waals surface area contributed by atoms with E-state index in [9.17, 15) is 0 Å². The van der Waals surface area contributed by atoms with Crippen LogP contribution in [0.2, 0.25) is 0 Å². The number of rotatable bonds is 0. The monoisotopic (exact) mass is 1150 g/mol. The fourth-order valence-corrected chi connectivity index (χ4v) is 9.67. The van der Waals surface area contributed by atoms with Gasteiger partial charge in [0.25, 0.3) is 0 Å². The van der Waals surface area contributed by atoms with Crippen LogP contribution in [-0.2, 0) is 43.3 Å². The minimum atomic E-state index is -0.0392. The van der Waals surface area contributed by atoms with E-state index in [2.05, 4.69) is 352 Å². The van der Waals surface area contributed by atoms with Crippen LogP contribution >= 0.6 is 0 Å². The molecule has 0 saturated carbocycles. The maximum Gasteiger partial charge on any atom is 0.0273 e. The average Bonchev–Trinajstić information content (AvgIpc) is 1.37. The molecule has 446 valence electrons. The maximum atomic E-state index is 6.16. The van der Waals surface area contributed by atoms with Gasteiger partial charge in [0.15, 0.2) is 0 Å². The van der Waals surface area contributed by atoms with E-state index in [1.807, 2.05) is 18.2 Å². The summed E-state index contributed by atoms with van der Waals surface area (Å²) in [6.45, 7) is 54.1. The van der Waals surface area contributed by atoms with Gasteiger partial charge in [0.1, 0.15) is 0 Å². The molecule has 0 heterocycles. The lowest BCUT2D eigenvalue weighted by Crippen LogP contribution is -2.16. The smallest absolute Gasteiger partial charge is 0.0273 e. The minimum absolute atomic E-state index is 0.0392. The first-order valence-electron chi connectivity index (χ1n) is 31.2. The Balaban J connectivity index is 1.36. The molecule has 7 aromatic rings. The lowest BCUT2D eigenvalue weighted by molar-refractivity contribution is 0.567. The summed E-state index contributed by atoms with van der Waals surface area (Å²) in [6.07, 6.45) is 6.16. The van der Waals surface area contributed by atoms with Gasteiger partial charge in [0.05, 0.1) is 0 Å². The fourth-order valence-electron chi connectivity index (χ4n) is 9.67. The van der Waals surface area contributed by atoms with Crippen LogP contribution in [0.5, 0.6) is 0 Å². The summed E-state index contributed by atoms with van der Waals surface area (Å²) in [5.74, 6) is 45.1. The van der Waals surface area contributed by atoms with Gasteiger partial charge < -0.3 is 0 Å². The van der Waals surface area contributed by atoms with Crippen LogP contribution in [0, 0.1) is 83.4 Å². The number of hydrogen-bond donors (Lipinski definition) is 0. The zero-order valence-electron chi connectivity index (χ0n) is 57.7. The highest BCUT2D eigenvalue weighted by Crippen LogP contribution is 2.35. The van der Waals surface area contributed by atoms with Crippen LogP contribution in [0.25, 0.3) is 0 Å². The van der Waals surface area contributed by atoms with Gasteiger partial charge in [-0.15, -0.1) is 6.42 Å². The molecule has 0 bridgehead atoms.